The number of rotatable bonds is 4. The normalized spacial score (nSPS) is 36.7. The molecule has 3 fully saturated rings. The Labute approximate surface area is 130 Å². The highest BCUT2D eigenvalue weighted by Gasteiger charge is 2.33. The van der Waals surface area contributed by atoms with Crippen LogP contribution in [-0.2, 0) is 4.74 Å². The van der Waals surface area contributed by atoms with Gasteiger partial charge < -0.3 is 15.0 Å². The number of piperidine rings is 2. The first kappa shape index (κ1) is 15.7. The highest BCUT2D eigenvalue weighted by molar-refractivity contribution is 4.90. The zero-order valence-corrected chi connectivity index (χ0v) is 13.7. The van der Waals surface area contributed by atoms with Gasteiger partial charge in [-0.2, -0.15) is 0 Å². The van der Waals surface area contributed by atoms with Gasteiger partial charge in [0.15, 0.2) is 0 Å². The predicted octanol–water partition coefficient (Wildman–Crippen LogP) is 1.56. The Morgan fingerprint density at radius 3 is 2.76 bits per heavy atom. The minimum Gasteiger partial charge on any atom is -0.379 e. The highest BCUT2D eigenvalue weighted by Crippen LogP contribution is 2.25. The molecule has 1 N–H and O–H groups in total. The Balaban J connectivity index is 1.60. The van der Waals surface area contributed by atoms with E-state index in [9.17, 15) is 0 Å². The standard InChI is InChI=1S/C17H33N3O/c1-2-16-5-3-4-8-20(16)14-15-6-7-18-13-17(15)19-9-11-21-12-10-19/h15-18H,2-14H2,1H3. The van der Waals surface area contributed by atoms with E-state index in [2.05, 4.69) is 22.0 Å². The number of morpholine rings is 1. The third-order valence-corrected chi connectivity index (χ3v) is 5.79. The molecule has 0 aromatic heterocycles. The van der Waals surface area contributed by atoms with Gasteiger partial charge in [0.25, 0.3) is 0 Å². The van der Waals surface area contributed by atoms with Gasteiger partial charge in [-0.3, -0.25) is 4.90 Å². The van der Waals surface area contributed by atoms with Crippen LogP contribution in [0.25, 0.3) is 0 Å². The average molecular weight is 295 g/mol. The second kappa shape index (κ2) is 7.91. The molecule has 0 bridgehead atoms. The minimum atomic E-state index is 0.724. The molecule has 0 radical (unpaired) electrons. The molecule has 3 atom stereocenters. The van der Waals surface area contributed by atoms with E-state index in [0.717, 1.165) is 44.3 Å². The van der Waals surface area contributed by atoms with Crippen molar-refractivity contribution in [3.8, 4) is 0 Å². The van der Waals surface area contributed by atoms with E-state index >= 15 is 0 Å². The van der Waals surface area contributed by atoms with Crippen LogP contribution in [0.4, 0.5) is 0 Å². The maximum absolute atomic E-state index is 5.54. The SMILES string of the molecule is CCC1CCCCN1CC1CCNCC1N1CCOCC1. The Morgan fingerprint density at radius 1 is 1.10 bits per heavy atom. The average Bonchev–Trinajstić information content (AvgIpc) is 2.57. The Morgan fingerprint density at radius 2 is 1.95 bits per heavy atom. The molecule has 3 aliphatic heterocycles. The van der Waals surface area contributed by atoms with Crippen LogP contribution in [-0.4, -0.2) is 74.4 Å². The van der Waals surface area contributed by atoms with Crippen molar-refractivity contribution in [1.29, 1.82) is 0 Å². The smallest absolute Gasteiger partial charge is 0.0594 e. The molecule has 0 aliphatic carbocycles. The lowest BCUT2D eigenvalue weighted by molar-refractivity contribution is -0.0131. The fraction of sp³-hybridized carbons (Fsp3) is 1.00. The first-order valence-corrected chi connectivity index (χ1v) is 9.15. The largest absolute Gasteiger partial charge is 0.379 e. The lowest BCUT2D eigenvalue weighted by Crippen LogP contribution is -2.57. The number of hydrogen-bond acceptors (Lipinski definition) is 4. The van der Waals surface area contributed by atoms with Crippen LogP contribution in [0, 0.1) is 5.92 Å². The van der Waals surface area contributed by atoms with Crippen LogP contribution < -0.4 is 5.32 Å². The van der Waals surface area contributed by atoms with E-state index in [1.807, 2.05) is 0 Å². The van der Waals surface area contributed by atoms with Crippen molar-refractivity contribution < 1.29 is 4.74 Å². The summed E-state index contributed by atoms with van der Waals surface area (Å²) in [5.41, 5.74) is 0. The summed E-state index contributed by atoms with van der Waals surface area (Å²) in [5, 5.41) is 3.62. The Hall–Kier alpha value is -0.160. The molecule has 3 heterocycles. The van der Waals surface area contributed by atoms with Gasteiger partial charge >= 0.3 is 0 Å². The molecule has 3 unspecified atom stereocenters. The van der Waals surface area contributed by atoms with Crippen LogP contribution in [0.1, 0.15) is 39.0 Å². The number of nitrogens with one attached hydrogen (secondary N) is 1. The van der Waals surface area contributed by atoms with Crippen LogP contribution in [0.2, 0.25) is 0 Å². The minimum absolute atomic E-state index is 0.724. The molecule has 3 rings (SSSR count). The first-order valence-electron chi connectivity index (χ1n) is 9.15. The molecule has 4 nitrogen and oxygen atoms in total. The van der Waals surface area contributed by atoms with Gasteiger partial charge in [0.2, 0.25) is 0 Å². The number of ether oxygens (including phenoxy) is 1. The monoisotopic (exact) mass is 295 g/mol. The topological polar surface area (TPSA) is 27.7 Å². The molecule has 122 valence electrons. The lowest BCUT2D eigenvalue weighted by atomic mass is 9.88. The van der Waals surface area contributed by atoms with Crippen LogP contribution in [0.3, 0.4) is 0 Å². The van der Waals surface area contributed by atoms with Gasteiger partial charge in [-0.25, -0.2) is 0 Å². The Kier molecular flexibility index (Phi) is 5.92. The molecule has 0 aromatic rings. The molecular formula is C17H33N3O. The summed E-state index contributed by atoms with van der Waals surface area (Å²) >= 11 is 0. The molecule has 3 saturated heterocycles. The van der Waals surface area contributed by atoms with Crippen molar-refractivity contribution in [2.24, 2.45) is 5.92 Å². The predicted molar refractivity (Wildman–Crippen MR) is 86.7 cm³/mol. The maximum Gasteiger partial charge on any atom is 0.0594 e. The summed E-state index contributed by atoms with van der Waals surface area (Å²) in [5.74, 6) is 0.844. The summed E-state index contributed by atoms with van der Waals surface area (Å²) < 4.78 is 5.54. The summed E-state index contributed by atoms with van der Waals surface area (Å²) in [4.78, 5) is 5.50. The summed E-state index contributed by atoms with van der Waals surface area (Å²) in [7, 11) is 0. The van der Waals surface area contributed by atoms with Crippen LogP contribution in [0.5, 0.6) is 0 Å². The summed E-state index contributed by atoms with van der Waals surface area (Å²) in [6.07, 6.45) is 6.93. The van der Waals surface area contributed by atoms with E-state index in [0.29, 0.717) is 0 Å². The Bertz CT molecular complexity index is 306. The third kappa shape index (κ3) is 3.98. The third-order valence-electron chi connectivity index (χ3n) is 5.79. The molecular weight excluding hydrogens is 262 g/mol. The van der Waals surface area contributed by atoms with Gasteiger partial charge in [0.1, 0.15) is 0 Å². The lowest BCUT2D eigenvalue weighted by Gasteiger charge is -2.45. The molecule has 3 aliphatic rings. The number of likely N-dealkylation sites (tertiary alicyclic amines) is 1. The fourth-order valence-electron chi connectivity index (χ4n) is 4.51. The molecule has 0 amide bonds. The first-order chi connectivity index (χ1) is 10.4. The van der Waals surface area contributed by atoms with Gasteiger partial charge in [-0.15, -0.1) is 0 Å². The van der Waals surface area contributed by atoms with Gasteiger partial charge in [-0.05, 0) is 44.7 Å². The van der Waals surface area contributed by atoms with Crippen molar-refractivity contribution in [2.75, 3.05) is 52.5 Å². The van der Waals surface area contributed by atoms with E-state index in [1.54, 1.807) is 0 Å². The molecule has 0 aromatic carbocycles. The summed E-state index contributed by atoms with van der Waals surface area (Å²) in [6.45, 7) is 11.5. The quantitative estimate of drug-likeness (QED) is 0.852. The van der Waals surface area contributed by atoms with Crippen LogP contribution >= 0.6 is 0 Å². The van der Waals surface area contributed by atoms with Crippen LogP contribution in [0.15, 0.2) is 0 Å². The summed E-state index contributed by atoms with van der Waals surface area (Å²) in [6, 6.07) is 1.57. The zero-order valence-electron chi connectivity index (χ0n) is 13.7. The van der Waals surface area contributed by atoms with Gasteiger partial charge in [0.05, 0.1) is 13.2 Å². The van der Waals surface area contributed by atoms with E-state index in [1.165, 1.54) is 58.3 Å². The van der Waals surface area contributed by atoms with Gasteiger partial charge in [0, 0.05) is 38.3 Å². The molecule has 21 heavy (non-hydrogen) atoms. The van der Waals surface area contributed by atoms with E-state index in [4.69, 9.17) is 4.74 Å². The fourth-order valence-corrected chi connectivity index (χ4v) is 4.51. The number of hydrogen-bond donors (Lipinski definition) is 1. The van der Waals surface area contributed by atoms with Crippen molar-refractivity contribution in [3.05, 3.63) is 0 Å². The molecule has 0 saturated carbocycles. The van der Waals surface area contributed by atoms with Gasteiger partial charge in [-0.1, -0.05) is 13.3 Å². The van der Waals surface area contributed by atoms with Crippen molar-refractivity contribution in [3.63, 3.8) is 0 Å². The van der Waals surface area contributed by atoms with E-state index < -0.39 is 0 Å². The van der Waals surface area contributed by atoms with Crippen molar-refractivity contribution in [1.82, 2.24) is 15.1 Å². The molecule has 4 heteroatoms. The number of nitrogens with zero attached hydrogens (tertiary/aromatic N) is 2. The second-order valence-electron chi connectivity index (χ2n) is 7.02. The van der Waals surface area contributed by atoms with Crippen molar-refractivity contribution >= 4 is 0 Å². The zero-order chi connectivity index (χ0) is 14.5. The molecule has 0 spiro atoms. The van der Waals surface area contributed by atoms with Crippen molar-refractivity contribution in [2.45, 2.75) is 51.1 Å². The maximum atomic E-state index is 5.54. The highest BCUT2D eigenvalue weighted by atomic mass is 16.5. The second-order valence-corrected chi connectivity index (χ2v) is 7.02. The van der Waals surface area contributed by atoms with E-state index in [-0.39, 0.29) is 0 Å².